The molecule has 0 aliphatic rings. The van der Waals surface area contributed by atoms with Crippen LogP contribution in [-0.2, 0) is 0 Å². The Morgan fingerprint density at radius 1 is 1.53 bits per heavy atom. The molecule has 7 heteroatoms. The molecule has 0 saturated carbocycles. The summed E-state index contributed by atoms with van der Waals surface area (Å²) in [5, 5.41) is 6.71. The summed E-state index contributed by atoms with van der Waals surface area (Å²) in [4.78, 5) is 13.6. The van der Waals surface area contributed by atoms with Gasteiger partial charge in [0.15, 0.2) is 11.1 Å². The summed E-state index contributed by atoms with van der Waals surface area (Å²) in [7, 11) is 0. The molecule has 0 aromatic carbocycles. The van der Waals surface area contributed by atoms with Crippen molar-refractivity contribution in [3.63, 3.8) is 0 Å². The first-order chi connectivity index (χ1) is 6.75. The normalized spacial score (nSPS) is 13.9. The van der Waals surface area contributed by atoms with Crippen molar-refractivity contribution in [2.24, 2.45) is 0 Å². The Balaban J connectivity index is 3.29. The molecule has 84 valence electrons. The van der Waals surface area contributed by atoms with E-state index in [0.29, 0.717) is 0 Å². The molecule has 1 atom stereocenters. The number of hydrogen-bond acceptors (Lipinski definition) is 2. The van der Waals surface area contributed by atoms with E-state index in [-0.39, 0.29) is 5.69 Å². The highest BCUT2D eigenvalue weighted by atomic mass is 35.5. The van der Waals surface area contributed by atoms with E-state index in [1.165, 1.54) is 6.92 Å². The van der Waals surface area contributed by atoms with Gasteiger partial charge in [-0.25, -0.2) is 0 Å². The van der Waals surface area contributed by atoms with Crippen LogP contribution in [0.25, 0.3) is 0 Å². The third-order valence-corrected chi connectivity index (χ3v) is 2.32. The molecule has 0 spiro atoms. The van der Waals surface area contributed by atoms with Crippen LogP contribution in [0.4, 0.5) is 13.2 Å². The summed E-state index contributed by atoms with van der Waals surface area (Å²) in [6.45, 7) is 1.36. The Bertz CT molecular complexity index is 427. The van der Waals surface area contributed by atoms with Gasteiger partial charge in [0.05, 0.1) is 5.69 Å². The summed E-state index contributed by atoms with van der Waals surface area (Å²) in [5.74, 6) is -0.748. The van der Waals surface area contributed by atoms with Gasteiger partial charge in [-0.1, -0.05) is 0 Å². The number of alkyl halides is 4. The molecule has 1 unspecified atom stereocenters. The number of H-pyrrole nitrogens is 1. The number of aromatic amines is 1. The Kier molecular flexibility index (Phi) is 2.99. The van der Waals surface area contributed by atoms with E-state index in [2.05, 4.69) is 4.98 Å². The first kappa shape index (κ1) is 11.9. The third-order valence-electron chi connectivity index (χ3n) is 1.84. The molecule has 0 bridgehead atoms. The van der Waals surface area contributed by atoms with Crippen molar-refractivity contribution in [2.75, 3.05) is 0 Å². The topological polar surface area (TPSA) is 53.1 Å². The van der Waals surface area contributed by atoms with Crippen molar-refractivity contribution in [2.45, 2.75) is 18.5 Å². The number of hydrogen-bond donors (Lipinski definition) is 2. The molecule has 1 aromatic heterocycles. The molecule has 0 aliphatic carbocycles. The quantitative estimate of drug-likeness (QED) is 0.741. The van der Waals surface area contributed by atoms with Crippen LogP contribution in [0.3, 0.4) is 0 Å². The fraction of sp³-hybridized carbons (Fsp3) is 0.375. The van der Waals surface area contributed by atoms with Crippen LogP contribution in [0, 0.1) is 6.92 Å². The lowest BCUT2D eigenvalue weighted by atomic mass is 10.1. The van der Waals surface area contributed by atoms with Gasteiger partial charge in [0.25, 0.3) is 0 Å². The minimum atomic E-state index is -4.73. The van der Waals surface area contributed by atoms with Gasteiger partial charge >= 0.3 is 6.18 Å². The molecule has 0 fully saturated rings. The largest absolute Gasteiger partial charge is 0.503 e. The molecule has 0 aliphatic heterocycles. The minimum Gasteiger partial charge on any atom is -0.503 e. The van der Waals surface area contributed by atoms with E-state index in [0.717, 1.165) is 6.20 Å². The molecular formula is C8H7ClF3NO2. The summed E-state index contributed by atoms with van der Waals surface area (Å²) in [5.41, 5.74) is -1.73. The minimum absolute atomic E-state index is 0.0924. The van der Waals surface area contributed by atoms with Gasteiger partial charge in [0.1, 0.15) is 0 Å². The van der Waals surface area contributed by atoms with Gasteiger partial charge in [0.2, 0.25) is 5.43 Å². The first-order valence-corrected chi connectivity index (χ1v) is 4.30. The highest BCUT2D eigenvalue weighted by Gasteiger charge is 2.41. The number of pyridine rings is 1. The SMILES string of the molecule is Cc1[nH]cc(C(Cl)C(F)(F)F)c(=O)c1O. The smallest absolute Gasteiger partial charge is 0.409 e. The zero-order valence-corrected chi connectivity index (χ0v) is 8.28. The van der Waals surface area contributed by atoms with Crippen molar-refractivity contribution >= 4 is 11.6 Å². The summed E-state index contributed by atoms with van der Waals surface area (Å²) in [6, 6.07) is 0. The van der Waals surface area contributed by atoms with Crippen molar-refractivity contribution in [3.05, 3.63) is 27.7 Å². The summed E-state index contributed by atoms with van der Waals surface area (Å²) < 4.78 is 36.5. The average molecular weight is 242 g/mol. The fourth-order valence-corrected chi connectivity index (χ4v) is 1.15. The fourth-order valence-electron chi connectivity index (χ4n) is 0.992. The monoisotopic (exact) mass is 241 g/mol. The van der Waals surface area contributed by atoms with Crippen molar-refractivity contribution in [3.8, 4) is 5.75 Å². The van der Waals surface area contributed by atoms with Crippen LogP contribution in [0.2, 0.25) is 0 Å². The van der Waals surface area contributed by atoms with E-state index < -0.39 is 28.3 Å². The van der Waals surface area contributed by atoms with E-state index in [4.69, 9.17) is 16.7 Å². The highest BCUT2D eigenvalue weighted by Crippen LogP contribution is 2.36. The Morgan fingerprint density at radius 3 is 2.53 bits per heavy atom. The van der Waals surface area contributed by atoms with Gasteiger partial charge in [-0.15, -0.1) is 11.6 Å². The Morgan fingerprint density at radius 2 is 2.07 bits per heavy atom. The second-order valence-corrected chi connectivity index (χ2v) is 3.39. The van der Waals surface area contributed by atoms with Crippen LogP contribution < -0.4 is 5.43 Å². The third kappa shape index (κ3) is 2.26. The number of aryl methyl sites for hydroxylation is 1. The van der Waals surface area contributed by atoms with Gasteiger partial charge in [0, 0.05) is 11.8 Å². The number of aromatic nitrogens is 1. The molecule has 1 rings (SSSR count). The van der Waals surface area contributed by atoms with Crippen LogP contribution >= 0.6 is 11.6 Å². The van der Waals surface area contributed by atoms with Crippen LogP contribution in [0.15, 0.2) is 11.0 Å². The van der Waals surface area contributed by atoms with E-state index >= 15 is 0 Å². The predicted octanol–water partition coefficient (Wildman–Crippen LogP) is 2.23. The number of rotatable bonds is 1. The molecular weight excluding hydrogens is 235 g/mol. The highest BCUT2D eigenvalue weighted by molar-refractivity contribution is 6.21. The molecule has 0 amide bonds. The van der Waals surface area contributed by atoms with Gasteiger partial charge in [-0.2, -0.15) is 13.2 Å². The van der Waals surface area contributed by atoms with Crippen LogP contribution in [0.1, 0.15) is 16.6 Å². The maximum absolute atomic E-state index is 12.2. The average Bonchev–Trinajstić information content (AvgIpc) is 2.12. The Hall–Kier alpha value is -1.17. The summed E-state index contributed by atoms with van der Waals surface area (Å²) >= 11 is 5.06. The molecule has 3 nitrogen and oxygen atoms in total. The lowest BCUT2D eigenvalue weighted by Crippen LogP contribution is -2.22. The number of halogens is 4. The Labute approximate surface area is 87.5 Å². The second-order valence-electron chi connectivity index (χ2n) is 2.95. The lowest BCUT2D eigenvalue weighted by Gasteiger charge is -2.13. The van der Waals surface area contributed by atoms with E-state index in [9.17, 15) is 18.0 Å². The standard InChI is InChI=1S/C8H7ClF3NO2/c1-3-5(14)6(15)4(2-13-3)7(9)8(10,11)12/h2,7,14H,1H3,(H,13,15). The van der Waals surface area contributed by atoms with E-state index in [1.54, 1.807) is 0 Å². The van der Waals surface area contributed by atoms with E-state index in [1.807, 2.05) is 0 Å². The molecule has 0 radical (unpaired) electrons. The van der Waals surface area contributed by atoms with Crippen molar-refractivity contribution in [1.82, 2.24) is 4.98 Å². The lowest BCUT2D eigenvalue weighted by molar-refractivity contribution is -0.131. The molecule has 15 heavy (non-hydrogen) atoms. The summed E-state index contributed by atoms with van der Waals surface area (Å²) in [6.07, 6.45) is -3.88. The zero-order chi connectivity index (χ0) is 11.8. The maximum Gasteiger partial charge on any atom is 0.409 e. The van der Waals surface area contributed by atoms with Crippen molar-refractivity contribution < 1.29 is 18.3 Å². The number of aromatic hydroxyl groups is 1. The van der Waals surface area contributed by atoms with Crippen molar-refractivity contribution in [1.29, 1.82) is 0 Å². The number of nitrogens with one attached hydrogen (secondary N) is 1. The maximum atomic E-state index is 12.2. The van der Waals surface area contributed by atoms with Gasteiger partial charge in [-0.3, -0.25) is 4.79 Å². The molecule has 0 saturated heterocycles. The first-order valence-electron chi connectivity index (χ1n) is 3.87. The molecule has 1 aromatic rings. The molecule has 1 heterocycles. The molecule has 2 N–H and O–H groups in total. The van der Waals surface area contributed by atoms with Crippen LogP contribution in [-0.4, -0.2) is 16.3 Å². The predicted molar refractivity (Wildman–Crippen MR) is 48.1 cm³/mol. The zero-order valence-electron chi connectivity index (χ0n) is 7.52. The van der Waals surface area contributed by atoms with Gasteiger partial charge < -0.3 is 10.1 Å². The van der Waals surface area contributed by atoms with Crippen LogP contribution in [0.5, 0.6) is 5.75 Å². The van der Waals surface area contributed by atoms with Gasteiger partial charge in [-0.05, 0) is 6.92 Å². The second kappa shape index (κ2) is 3.77.